The number of nitrogens with zero attached hydrogens (tertiary/aromatic N) is 2. The third kappa shape index (κ3) is 2.62. The van der Waals surface area contributed by atoms with Crippen molar-refractivity contribution in [1.82, 2.24) is 15.2 Å². The van der Waals surface area contributed by atoms with E-state index in [-0.39, 0.29) is 0 Å². The van der Waals surface area contributed by atoms with Gasteiger partial charge in [0, 0.05) is 18.3 Å². The van der Waals surface area contributed by atoms with E-state index in [0.717, 1.165) is 10.2 Å². The molecule has 0 saturated carbocycles. The summed E-state index contributed by atoms with van der Waals surface area (Å²) in [6, 6.07) is 3.76. The molecule has 1 amide bonds. The first-order chi connectivity index (χ1) is 8.18. The fourth-order valence-electron chi connectivity index (χ4n) is 1.34. The normalized spacial score (nSPS) is 10.2. The number of aromatic amines is 1. The number of anilines is 1. The van der Waals surface area contributed by atoms with Gasteiger partial charge in [-0.05, 0) is 22.0 Å². The first-order valence-electron chi connectivity index (χ1n) is 4.85. The molecule has 7 heteroatoms. The second-order valence-electron chi connectivity index (χ2n) is 3.33. The lowest BCUT2D eigenvalue weighted by Gasteiger charge is -2.06. The minimum Gasteiger partial charge on any atom is -0.366 e. The minimum absolute atomic E-state index is 0.338. The SMILES string of the molecule is NC(=O)c1cn[nH]c1NCc1cccnc1Br. The number of hydrogen-bond acceptors (Lipinski definition) is 4. The van der Waals surface area contributed by atoms with E-state index in [4.69, 9.17) is 5.73 Å². The summed E-state index contributed by atoms with van der Waals surface area (Å²) in [5.74, 6) is -0.0141. The Morgan fingerprint density at radius 1 is 1.59 bits per heavy atom. The summed E-state index contributed by atoms with van der Waals surface area (Å²) in [5, 5.41) is 9.48. The van der Waals surface area contributed by atoms with Crippen LogP contribution in [0.25, 0.3) is 0 Å². The van der Waals surface area contributed by atoms with Gasteiger partial charge in [-0.2, -0.15) is 5.10 Å². The number of carbonyl (C=O) groups excluding carboxylic acids is 1. The van der Waals surface area contributed by atoms with Crippen LogP contribution in [0.15, 0.2) is 29.1 Å². The zero-order valence-electron chi connectivity index (χ0n) is 8.77. The molecule has 17 heavy (non-hydrogen) atoms. The fraction of sp³-hybridized carbons (Fsp3) is 0.100. The molecule has 0 aromatic carbocycles. The number of carbonyl (C=O) groups is 1. The summed E-state index contributed by atoms with van der Waals surface area (Å²) in [6.45, 7) is 0.511. The van der Waals surface area contributed by atoms with Crippen LogP contribution in [-0.4, -0.2) is 21.1 Å². The van der Waals surface area contributed by atoms with Crippen molar-refractivity contribution in [1.29, 1.82) is 0 Å². The van der Waals surface area contributed by atoms with Crippen molar-refractivity contribution in [3.05, 3.63) is 40.3 Å². The Hall–Kier alpha value is -1.89. The first kappa shape index (κ1) is 11.6. The third-order valence-corrected chi connectivity index (χ3v) is 2.91. The fourth-order valence-corrected chi connectivity index (χ4v) is 1.73. The summed E-state index contributed by atoms with van der Waals surface area (Å²) in [5.41, 5.74) is 6.51. The van der Waals surface area contributed by atoms with Crippen LogP contribution in [0, 0.1) is 0 Å². The Balaban J connectivity index is 2.10. The Morgan fingerprint density at radius 2 is 2.41 bits per heavy atom. The zero-order chi connectivity index (χ0) is 12.3. The highest BCUT2D eigenvalue weighted by molar-refractivity contribution is 9.10. The van der Waals surface area contributed by atoms with Gasteiger partial charge in [0.2, 0.25) is 0 Å². The standard InChI is InChI=1S/C10H10BrN5O/c11-8-6(2-1-3-13-8)4-14-10-7(9(12)17)5-15-16-10/h1-3,5H,4H2,(H2,12,17)(H2,14,15,16). The van der Waals surface area contributed by atoms with Crippen molar-refractivity contribution in [2.45, 2.75) is 6.54 Å². The van der Waals surface area contributed by atoms with E-state index in [1.807, 2.05) is 12.1 Å². The average molecular weight is 296 g/mol. The first-order valence-corrected chi connectivity index (χ1v) is 5.64. The number of pyridine rings is 1. The number of H-pyrrole nitrogens is 1. The number of hydrogen-bond donors (Lipinski definition) is 3. The van der Waals surface area contributed by atoms with Crippen LogP contribution in [0.4, 0.5) is 5.82 Å². The van der Waals surface area contributed by atoms with Gasteiger partial charge in [-0.1, -0.05) is 6.07 Å². The Bertz CT molecular complexity index is 539. The maximum Gasteiger partial charge on any atom is 0.254 e. The van der Waals surface area contributed by atoms with Gasteiger partial charge in [-0.15, -0.1) is 0 Å². The van der Waals surface area contributed by atoms with Gasteiger partial charge in [0.1, 0.15) is 16.0 Å². The van der Waals surface area contributed by atoms with Crippen molar-refractivity contribution in [3.8, 4) is 0 Å². The van der Waals surface area contributed by atoms with Crippen molar-refractivity contribution < 1.29 is 4.79 Å². The number of aromatic nitrogens is 3. The summed E-state index contributed by atoms with van der Waals surface area (Å²) >= 11 is 3.34. The van der Waals surface area contributed by atoms with E-state index in [2.05, 4.69) is 36.4 Å². The molecule has 0 fully saturated rings. The quantitative estimate of drug-likeness (QED) is 0.740. The molecule has 0 unspecified atom stereocenters. The van der Waals surface area contributed by atoms with Crippen LogP contribution in [0.2, 0.25) is 0 Å². The van der Waals surface area contributed by atoms with E-state index < -0.39 is 5.91 Å². The van der Waals surface area contributed by atoms with Gasteiger partial charge < -0.3 is 11.1 Å². The average Bonchev–Trinajstić information content (AvgIpc) is 2.76. The summed E-state index contributed by atoms with van der Waals surface area (Å²) in [6.07, 6.45) is 3.08. The van der Waals surface area contributed by atoms with Crippen LogP contribution >= 0.6 is 15.9 Å². The largest absolute Gasteiger partial charge is 0.366 e. The van der Waals surface area contributed by atoms with Gasteiger partial charge in [0.15, 0.2) is 0 Å². The van der Waals surface area contributed by atoms with Gasteiger partial charge in [0.25, 0.3) is 5.91 Å². The molecule has 6 nitrogen and oxygen atoms in total. The third-order valence-electron chi connectivity index (χ3n) is 2.20. The highest BCUT2D eigenvalue weighted by Gasteiger charge is 2.10. The molecule has 0 aliphatic carbocycles. The van der Waals surface area contributed by atoms with Gasteiger partial charge >= 0.3 is 0 Å². The molecule has 0 aliphatic rings. The Kier molecular flexibility index (Phi) is 3.38. The molecule has 2 aromatic rings. The van der Waals surface area contributed by atoms with E-state index in [1.54, 1.807) is 6.20 Å². The summed E-state index contributed by atoms with van der Waals surface area (Å²) in [4.78, 5) is 15.2. The molecule has 4 N–H and O–H groups in total. The number of primary amides is 1. The van der Waals surface area contributed by atoms with Gasteiger partial charge in [-0.25, -0.2) is 4.98 Å². The second kappa shape index (κ2) is 4.96. The Morgan fingerprint density at radius 3 is 3.12 bits per heavy atom. The van der Waals surface area contributed by atoms with Gasteiger partial charge in [-0.3, -0.25) is 9.89 Å². The van der Waals surface area contributed by atoms with Crippen molar-refractivity contribution in [2.24, 2.45) is 5.73 Å². The van der Waals surface area contributed by atoms with E-state index in [9.17, 15) is 4.79 Å². The molecule has 0 atom stereocenters. The van der Waals surface area contributed by atoms with Crippen LogP contribution in [0.3, 0.4) is 0 Å². The number of nitrogens with one attached hydrogen (secondary N) is 2. The van der Waals surface area contributed by atoms with Crippen molar-refractivity contribution >= 4 is 27.7 Å². The molecule has 88 valence electrons. The number of amides is 1. The molecule has 2 heterocycles. The van der Waals surface area contributed by atoms with E-state index >= 15 is 0 Å². The van der Waals surface area contributed by atoms with Crippen LogP contribution in [0.5, 0.6) is 0 Å². The topological polar surface area (TPSA) is 96.7 Å². The molecular weight excluding hydrogens is 286 g/mol. The highest BCUT2D eigenvalue weighted by Crippen LogP contribution is 2.16. The Labute approximate surface area is 106 Å². The smallest absolute Gasteiger partial charge is 0.254 e. The highest BCUT2D eigenvalue weighted by atomic mass is 79.9. The lowest BCUT2D eigenvalue weighted by Crippen LogP contribution is -2.13. The summed E-state index contributed by atoms with van der Waals surface area (Å²) in [7, 11) is 0. The van der Waals surface area contributed by atoms with Crippen molar-refractivity contribution in [2.75, 3.05) is 5.32 Å². The number of nitrogens with two attached hydrogens (primary N) is 1. The molecule has 0 spiro atoms. The molecular formula is C10H10BrN5O. The second-order valence-corrected chi connectivity index (χ2v) is 4.08. The number of halogens is 1. The number of rotatable bonds is 4. The molecule has 0 radical (unpaired) electrons. The summed E-state index contributed by atoms with van der Waals surface area (Å²) < 4.78 is 0.757. The lowest BCUT2D eigenvalue weighted by molar-refractivity contribution is 0.100. The molecule has 2 aromatic heterocycles. The predicted octanol–water partition coefficient (Wildman–Crippen LogP) is 1.28. The van der Waals surface area contributed by atoms with Crippen LogP contribution in [0.1, 0.15) is 15.9 Å². The van der Waals surface area contributed by atoms with Crippen LogP contribution < -0.4 is 11.1 Å². The van der Waals surface area contributed by atoms with Crippen molar-refractivity contribution in [3.63, 3.8) is 0 Å². The maximum absolute atomic E-state index is 11.1. The van der Waals surface area contributed by atoms with Gasteiger partial charge in [0.05, 0.1) is 6.20 Å². The molecule has 0 bridgehead atoms. The monoisotopic (exact) mass is 295 g/mol. The molecule has 0 saturated heterocycles. The molecule has 0 aliphatic heterocycles. The minimum atomic E-state index is -0.522. The maximum atomic E-state index is 11.1. The lowest BCUT2D eigenvalue weighted by atomic mass is 10.2. The van der Waals surface area contributed by atoms with E-state index in [0.29, 0.717) is 17.9 Å². The van der Waals surface area contributed by atoms with E-state index in [1.165, 1.54) is 6.20 Å². The zero-order valence-corrected chi connectivity index (χ0v) is 10.4. The molecule has 2 rings (SSSR count). The predicted molar refractivity (Wildman–Crippen MR) is 66.4 cm³/mol. The van der Waals surface area contributed by atoms with Crippen LogP contribution in [-0.2, 0) is 6.54 Å².